The molecular formula is C33H37ClF2N6O5. The summed E-state index contributed by atoms with van der Waals surface area (Å²) in [5.41, 5.74) is 0.0562. The van der Waals surface area contributed by atoms with Crippen LogP contribution in [0.5, 0.6) is 11.8 Å². The van der Waals surface area contributed by atoms with Crippen LogP contribution in [0.1, 0.15) is 60.5 Å². The van der Waals surface area contributed by atoms with E-state index in [9.17, 15) is 9.90 Å². The molecular weight excluding hydrogens is 634 g/mol. The van der Waals surface area contributed by atoms with Gasteiger partial charge in [-0.1, -0.05) is 11.6 Å². The summed E-state index contributed by atoms with van der Waals surface area (Å²) >= 11 is 6.74. The van der Waals surface area contributed by atoms with Crippen molar-refractivity contribution in [2.24, 2.45) is 0 Å². The maximum Gasteiger partial charge on any atom is 0.407 e. The van der Waals surface area contributed by atoms with Gasteiger partial charge in [-0.2, -0.15) is 9.97 Å². The van der Waals surface area contributed by atoms with Crippen LogP contribution in [0.3, 0.4) is 0 Å². The van der Waals surface area contributed by atoms with Gasteiger partial charge in [-0.05, 0) is 68.6 Å². The second-order valence-electron chi connectivity index (χ2n) is 13.1. The number of carboxylic acid groups (broad SMARTS) is 1. The van der Waals surface area contributed by atoms with Crippen LogP contribution in [0.4, 0.5) is 19.4 Å². The predicted molar refractivity (Wildman–Crippen MR) is 170 cm³/mol. The number of pyridine rings is 1. The molecule has 2 aromatic heterocycles. The van der Waals surface area contributed by atoms with Gasteiger partial charge in [0.1, 0.15) is 35.5 Å². The Morgan fingerprint density at radius 3 is 2.77 bits per heavy atom. The highest BCUT2D eigenvalue weighted by Crippen LogP contribution is 2.50. The lowest BCUT2D eigenvalue weighted by Crippen LogP contribution is -2.64. The fourth-order valence-electron chi connectivity index (χ4n) is 7.72. The molecule has 1 saturated carbocycles. The molecule has 6 aliphatic rings. The number of carbonyl (C=O) groups is 1. The Kier molecular flexibility index (Phi) is 6.91. The molecule has 7 heterocycles. The summed E-state index contributed by atoms with van der Waals surface area (Å²) in [6.07, 6.45) is 1.49. The third-order valence-electron chi connectivity index (χ3n) is 10.2. The maximum atomic E-state index is 17.0. The number of hydrogen-bond acceptors (Lipinski definition) is 9. The van der Waals surface area contributed by atoms with Crippen LogP contribution in [0.2, 0.25) is 5.02 Å². The zero-order valence-corrected chi connectivity index (χ0v) is 26.6. The summed E-state index contributed by atoms with van der Waals surface area (Å²) in [4.78, 5) is 30.6. The van der Waals surface area contributed by atoms with E-state index in [-0.39, 0.29) is 74.4 Å². The number of piperidine rings is 2. The monoisotopic (exact) mass is 673 g/mol. The molecule has 1 aliphatic carbocycles. The van der Waals surface area contributed by atoms with E-state index in [0.717, 1.165) is 18.4 Å². The lowest BCUT2D eigenvalue weighted by Gasteiger charge is -2.51. The van der Waals surface area contributed by atoms with E-state index in [1.807, 2.05) is 4.90 Å². The number of anilines is 1. The molecule has 1 aromatic carbocycles. The van der Waals surface area contributed by atoms with Crippen molar-refractivity contribution < 1.29 is 37.0 Å². The van der Waals surface area contributed by atoms with Crippen LogP contribution in [-0.2, 0) is 4.74 Å². The van der Waals surface area contributed by atoms with E-state index in [0.29, 0.717) is 46.9 Å². The first-order chi connectivity index (χ1) is 23.8. The summed E-state index contributed by atoms with van der Waals surface area (Å²) in [6, 6.07) is 2.64. The van der Waals surface area contributed by atoms with Crippen molar-refractivity contribution >= 4 is 34.4 Å². The maximum absolute atomic E-state index is 17.0. The average Bonchev–Trinajstić information content (AvgIpc) is 3.83. The van der Waals surface area contributed by atoms with Crippen LogP contribution < -0.4 is 14.4 Å². The molecule has 1 amide bonds. The average molecular weight is 674 g/mol. The van der Waals surface area contributed by atoms with Gasteiger partial charge in [-0.3, -0.25) is 9.88 Å². The summed E-state index contributed by atoms with van der Waals surface area (Å²) < 4.78 is 73.9. The molecule has 5 saturated heterocycles. The third kappa shape index (κ3) is 5.40. The molecule has 4 atom stereocenters. The Balaban J connectivity index is 1.23. The zero-order chi connectivity index (χ0) is 35.2. The van der Waals surface area contributed by atoms with Crippen LogP contribution in [0.25, 0.3) is 22.2 Å². The number of piperazine rings is 1. The number of nitrogens with zero attached hydrogens (tertiary/aromatic N) is 6. The van der Waals surface area contributed by atoms with E-state index < -0.39 is 36.6 Å². The smallest absolute Gasteiger partial charge is 0.407 e. The fourth-order valence-corrected chi connectivity index (χ4v) is 8.08. The highest BCUT2D eigenvalue weighted by molar-refractivity contribution is 6.32. The van der Waals surface area contributed by atoms with Crippen molar-refractivity contribution in [1.82, 2.24) is 24.8 Å². The van der Waals surface area contributed by atoms with Crippen molar-refractivity contribution in [3.8, 4) is 23.0 Å². The van der Waals surface area contributed by atoms with Gasteiger partial charge in [-0.15, -0.1) is 0 Å². The van der Waals surface area contributed by atoms with Gasteiger partial charge in [0.05, 0.1) is 18.3 Å². The molecule has 14 heteroatoms. The van der Waals surface area contributed by atoms with Gasteiger partial charge < -0.3 is 29.1 Å². The van der Waals surface area contributed by atoms with Crippen molar-refractivity contribution in [3.05, 3.63) is 34.7 Å². The lowest BCUT2D eigenvalue weighted by molar-refractivity contribution is 0.0511. The molecule has 1 N–H and O–H groups in total. The largest absolute Gasteiger partial charge is 0.467 e. The number of benzene rings is 1. The molecule has 0 radical (unpaired) electrons. The number of ether oxygens (including phenoxy) is 3. The Bertz CT molecular complexity index is 1870. The van der Waals surface area contributed by atoms with E-state index >= 15 is 8.78 Å². The SMILES string of the molecule is [2H]C1([2H])CC[C@@]2(COc3nc(N4CC5CCC4CN5C(=O)O)c4cnc(-c5cc(OCOC)cc(Cl)c5C5CC5)c(F)c4n3)C[C@@]([2H])(F)CN12. The number of amides is 1. The van der Waals surface area contributed by atoms with Crippen molar-refractivity contribution in [2.75, 3.05) is 51.5 Å². The molecule has 3 aromatic rings. The van der Waals surface area contributed by atoms with E-state index in [2.05, 4.69) is 9.97 Å². The van der Waals surface area contributed by atoms with Crippen LogP contribution >= 0.6 is 11.6 Å². The normalized spacial score (nSPS) is 30.7. The van der Waals surface area contributed by atoms with Gasteiger partial charge in [0.25, 0.3) is 0 Å². The summed E-state index contributed by atoms with van der Waals surface area (Å²) in [6.45, 7) is -1.88. The molecule has 250 valence electrons. The van der Waals surface area contributed by atoms with E-state index in [1.54, 1.807) is 12.1 Å². The number of aromatic nitrogens is 3. The summed E-state index contributed by atoms with van der Waals surface area (Å²) in [5.74, 6) is 0.113. The number of hydrogen-bond donors (Lipinski definition) is 1. The Labute approximate surface area is 280 Å². The number of methoxy groups -OCH3 is 1. The minimum absolute atomic E-state index is 0.0120. The molecule has 11 nitrogen and oxygen atoms in total. The van der Waals surface area contributed by atoms with Crippen molar-refractivity contribution in [1.29, 1.82) is 0 Å². The van der Waals surface area contributed by atoms with Crippen LogP contribution in [0, 0.1) is 5.82 Å². The standard InChI is InChI=1S/C33H37ClF2N6O5/c1-45-17-47-22-9-23(26(18-3-4-18)25(34)10-22)28-27(36)29-24(12-37-28)30(41-14-21-6-5-20(41)15-42(21)32(43)44)39-31(38-29)46-16-33-7-2-8-40(33)13-19(35)11-33/h9-10,12,18-21H,2-8,11,13-17H2,1H3,(H,43,44)/t19-,20?,21?,33+/m1/s1/i8D2,19D. The first-order valence-corrected chi connectivity index (χ1v) is 16.3. The molecule has 47 heavy (non-hydrogen) atoms. The third-order valence-corrected chi connectivity index (χ3v) is 10.5. The van der Waals surface area contributed by atoms with Crippen molar-refractivity contribution in [3.63, 3.8) is 0 Å². The van der Waals surface area contributed by atoms with Gasteiger partial charge in [-0.25, -0.2) is 13.6 Å². The molecule has 0 spiro atoms. The fraction of sp³-hybridized carbons (Fsp3) is 0.576. The van der Waals surface area contributed by atoms with Crippen LogP contribution in [0.15, 0.2) is 18.3 Å². The predicted octanol–water partition coefficient (Wildman–Crippen LogP) is 5.63. The molecule has 9 rings (SSSR count). The Morgan fingerprint density at radius 1 is 1.19 bits per heavy atom. The highest BCUT2D eigenvalue weighted by Gasteiger charge is 2.49. The Morgan fingerprint density at radius 2 is 2.02 bits per heavy atom. The second-order valence-corrected chi connectivity index (χ2v) is 13.5. The summed E-state index contributed by atoms with van der Waals surface area (Å²) in [5, 5.41) is 10.5. The second kappa shape index (κ2) is 11.9. The summed E-state index contributed by atoms with van der Waals surface area (Å²) in [7, 11) is 1.49. The van der Waals surface area contributed by atoms with Gasteiger partial charge >= 0.3 is 12.1 Å². The van der Waals surface area contributed by atoms with Gasteiger partial charge in [0, 0.05) is 58.7 Å². The molecule has 2 bridgehead atoms. The van der Waals surface area contributed by atoms with E-state index in [4.69, 9.17) is 34.9 Å². The number of fused-ring (bicyclic) bond motifs is 5. The minimum atomic E-state index is -2.36. The molecule has 5 aliphatic heterocycles. The lowest BCUT2D eigenvalue weighted by atomic mass is 9.91. The molecule has 2 unspecified atom stereocenters. The topological polar surface area (TPSA) is 113 Å². The minimum Gasteiger partial charge on any atom is -0.467 e. The first kappa shape index (κ1) is 27.4. The van der Waals surface area contributed by atoms with Crippen LogP contribution in [-0.4, -0.2) is 106 Å². The Hall–Kier alpha value is -3.55. The van der Waals surface area contributed by atoms with Gasteiger partial charge in [0.2, 0.25) is 0 Å². The highest BCUT2D eigenvalue weighted by atomic mass is 35.5. The number of halogens is 3. The quantitative estimate of drug-likeness (QED) is 0.287. The van der Waals surface area contributed by atoms with E-state index in [1.165, 1.54) is 23.1 Å². The van der Waals surface area contributed by atoms with Gasteiger partial charge in [0.15, 0.2) is 12.6 Å². The zero-order valence-electron chi connectivity index (χ0n) is 28.8. The molecule has 6 fully saturated rings. The first-order valence-electron chi connectivity index (χ1n) is 17.5. The number of rotatable bonds is 9. The van der Waals surface area contributed by atoms with Crippen molar-refractivity contribution in [2.45, 2.75) is 74.6 Å². The number of alkyl halides is 1.